The number of alkyl halides is 3. The fraction of sp³-hybridized carbons (Fsp3) is 0.467. The number of amides is 1. The second-order valence-corrected chi connectivity index (χ2v) is 6.80. The van der Waals surface area contributed by atoms with E-state index in [9.17, 15) is 23.1 Å². The number of carbonyl (C=O) groups is 1. The highest BCUT2D eigenvalue weighted by Crippen LogP contribution is 2.45. The van der Waals surface area contributed by atoms with Crippen LogP contribution < -0.4 is 0 Å². The van der Waals surface area contributed by atoms with Gasteiger partial charge in [0.1, 0.15) is 0 Å². The quantitative estimate of drug-likeness (QED) is 0.867. The van der Waals surface area contributed by atoms with Crippen molar-refractivity contribution in [2.24, 2.45) is 11.0 Å². The molecule has 0 unspecified atom stereocenters. The zero-order valence-electron chi connectivity index (χ0n) is 12.3. The Hall–Kier alpha value is -1.31. The fourth-order valence-electron chi connectivity index (χ4n) is 2.60. The molecular weight excluding hydrogens is 368 g/mol. The third-order valence-corrected chi connectivity index (χ3v) is 4.82. The topological polar surface area (TPSA) is 52.9 Å². The van der Waals surface area contributed by atoms with E-state index in [0.29, 0.717) is 5.56 Å². The molecule has 24 heavy (non-hydrogen) atoms. The summed E-state index contributed by atoms with van der Waals surface area (Å²) in [6.45, 7) is 0. The van der Waals surface area contributed by atoms with Crippen LogP contribution in [0, 0.1) is 5.92 Å². The van der Waals surface area contributed by atoms with Gasteiger partial charge < -0.3 is 5.11 Å². The smallest absolute Gasteiger partial charge is 0.362 e. The van der Waals surface area contributed by atoms with E-state index in [1.165, 1.54) is 18.2 Å². The van der Waals surface area contributed by atoms with Crippen LogP contribution in [0.25, 0.3) is 0 Å². The summed E-state index contributed by atoms with van der Waals surface area (Å²) in [4.78, 5) is 12.3. The lowest BCUT2D eigenvalue weighted by molar-refractivity contribution is -0.302. The first-order valence-electron chi connectivity index (χ1n) is 7.25. The maximum Gasteiger partial charge on any atom is 0.438 e. The zero-order valence-corrected chi connectivity index (χ0v) is 13.8. The van der Waals surface area contributed by atoms with Crippen molar-refractivity contribution in [3.8, 4) is 0 Å². The van der Waals surface area contributed by atoms with Gasteiger partial charge in [-0.25, -0.2) is 0 Å². The number of aliphatic hydroxyl groups is 1. The Kier molecular flexibility index (Phi) is 4.30. The zero-order chi connectivity index (χ0) is 17.7. The number of carbonyl (C=O) groups excluding carboxylic acids is 1. The lowest BCUT2D eigenvalue weighted by Crippen LogP contribution is -2.57. The average Bonchev–Trinajstić information content (AvgIpc) is 3.25. The van der Waals surface area contributed by atoms with Gasteiger partial charge in [-0.05, 0) is 36.5 Å². The number of rotatable bonds is 3. The van der Waals surface area contributed by atoms with Gasteiger partial charge in [-0.3, -0.25) is 4.79 Å². The van der Waals surface area contributed by atoms with E-state index in [-0.39, 0.29) is 33.1 Å². The molecule has 0 radical (unpaired) electrons. The van der Waals surface area contributed by atoms with E-state index in [1.54, 1.807) is 0 Å². The molecule has 1 aliphatic heterocycles. The molecule has 3 rings (SSSR count). The Morgan fingerprint density at radius 3 is 2.54 bits per heavy atom. The highest BCUT2D eigenvalue weighted by Gasteiger charge is 2.64. The fourth-order valence-corrected chi connectivity index (χ4v) is 2.92. The van der Waals surface area contributed by atoms with E-state index >= 15 is 0 Å². The second kappa shape index (κ2) is 5.89. The lowest BCUT2D eigenvalue weighted by atomic mass is 10.0. The Bertz CT molecular complexity index is 719. The number of hydrazone groups is 1. The van der Waals surface area contributed by atoms with Crippen molar-refractivity contribution in [3.05, 3.63) is 33.8 Å². The monoisotopic (exact) mass is 380 g/mol. The van der Waals surface area contributed by atoms with E-state index in [0.717, 1.165) is 12.8 Å². The molecule has 1 saturated carbocycles. The van der Waals surface area contributed by atoms with Crippen LogP contribution in [0.15, 0.2) is 23.3 Å². The third-order valence-electron chi connectivity index (χ3n) is 4.08. The largest absolute Gasteiger partial charge is 0.438 e. The third kappa shape index (κ3) is 3.12. The summed E-state index contributed by atoms with van der Waals surface area (Å²) < 4.78 is 39.9. The molecule has 1 amide bonds. The molecule has 0 bridgehead atoms. The van der Waals surface area contributed by atoms with Crippen LogP contribution in [0.1, 0.15) is 24.8 Å². The summed E-state index contributed by atoms with van der Waals surface area (Å²) >= 11 is 11.6. The molecule has 4 nitrogen and oxygen atoms in total. The second-order valence-electron chi connectivity index (χ2n) is 5.99. The first kappa shape index (κ1) is 17.5. The highest BCUT2D eigenvalue weighted by atomic mass is 35.5. The van der Waals surface area contributed by atoms with Crippen molar-refractivity contribution < 1.29 is 23.1 Å². The van der Waals surface area contributed by atoms with E-state index in [4.69, 9.17) is 23.2 Å². The predicted molar refractivity (Wildman–Crippen MR) is 82.8 cm³/mol. The van der Waals surface area contributed by atoms with Crippen molar-refractivity contribution in [2.75, 3.05) is 0 Å². The molecule has 1 heterocycles. The maximum atomic E-state index is 13.3. The molecule has 1 aromatic carbocycles. The molecule has 1 aromatic rings. The molecule has 0 saturated heterocycles. The van der Waals surface area contributed by atoms with Gasteiger partial charge in [0, 0.05) is 12.1 Å². The number of nitrogens with zero attached hydrogens (tertiary/aromatic N) is 2. The maximum absolute atomic E-state index is 13.3. The molecule has 1 aliphatic carbocycles. The van der Waals surface area contributed by atoms with Crippen LogP contribution in [0.4, 0.5) is 13.2 Å². The van der Waals surface area contributed by atoms with E-state index in [2.05, 4.69) is 5.10 Å². The summed E-state index contributed by atoms with van der Waals surface area (Å²) in [6, 6.07) is 4.34. The van der Waals surface area contributed by atoms with Gasteiger partial charge in [0.25, 0.3) is 5.72 Å². The lowest BCUT2D eigenvalue weighted by Gasteiger charge is -2.32. The van der Waals surface area contributed by atoms with Gasteiger partial charge in [0.15, 0.2) is 0 Å². The predicted octanol–water partition coefficient (Wildman–Crippen LogP) is 3.79. The summed E-state index contributed by atoms with van der Waals surface area (Å²) in [5.41, 5.74) is -2.69. The van der Waals surface area contributed by atoms with Crippen molar-refractivity contribution in [1.29, 1.82) is 0 Å². The van der Waals surface area contributed by atoms with Crippen molar-refractivity contribution >= 4 is 34.8 Å². The number of halogens is 5. The molecule has 0 spiro atoms. The van der Waals surface area contributed by atoms with Gasteiger partial charge >= 0.3 is 6.18 Å². The first-order valence-corrected chi connectivity index (χ1v) is 8.01. The number of benzene rings is 1. The number of hydrogen-bond donors (Lipinski definition) is 1. The Morgan fingerprint density at radius 2 is 2.00 bits per heavy atom. The molecule has 0 aromatic heterocycles. The molecule has 130 valence electrons. The van der Waals surface area contributed by atoms with Crippen molar-refractivity contribution in [3.63, 3.8) is 0 Å². The standard InChI is InChI=1S/C15H13Cl2F3N2O2/c16-10-4-1-8(5-11(10)17)6-13(23)22-14(24,15(18,19)20)7-12(21-22)9-2-3-9/h1,4-5,9,24H,2-3,6-7H2/t14-/m1/s1. The molecule has 1 N–H and O–H groups in total. The Labute approximate surface area is 145 Å². The van der Waals surface area contributed by atoms with E-state index in [1.807, 2.05) is 0 Å². The summed E-state index contributed by atoms with van der Waals surface area (Å²) in [7, 11) is 0. The Morgan fingerprint density at radius 1 is 1.33 bits per heavy atom. The van der Waals surface area contributed by atoms with Crippen LogP contribution in [0.2, 0.25) is 10.0 Å². The SMILES string of the molecule is O=C(Cc1ccc(Cl)c(Cl)c1)N1N=C(C2CC2)C[C@@]1(O)C(F)(F)F. The van der Waals surface area contributed by atoms with Gasteiger partial charge in [0.2, 0.25) is 5.91 Å². The molecule has 9 heteroatoms. The molecule has 2 aliphatic rings. The van der Waals surface area contributed by atoms with Crippen molar-refractivity contribution in [1.82, 2.24) is 5.01 Å². The van der Waals surface area contributed by atoms with Crippen LogP contribution >= 0.6 is 23.2 Å². The molecule has 1 atom stereocenters. The van der Waals surface area contributed by atoms with Crippen LogP contribution in [-0.4, -0.2) is 33.6 Å². The van der Waals surface area contributed by atoms with E-state index < -0.39 is 24.2 Å². The van der Waals surface area contributed by atoms with Gasteiger partial charge in [0.05, 0.1) is 16.5 Å². The number of hydrogen-bond acceptors (Lipinski definition) is 3. The minimum atomic E-state index is -5.00. The minimum absolute atomic E-state index is 0.0818. The van der Waals surface area contributed by atoms with Gasteiger partial charge in [-0.2, -0.15) is 23.3 Å². The molecule has 1 fully saturated rings. The molecular formula is C15H13Cl2F3N2O2. The van der Waals surface area contributed by atoms with Gasteiger partial charge in [-0.1, -0.05) is 29.3 Å². The average molecular weight is 381 g/mol. The minimum Gasteiger partial charge on any atom is -0.362 e. The normalized spacial score (nSPS) is 24.2. The summed E-state index contributed by atoms with van der Waals surface area (Å²) in [5.74, 6) is -1.04. The van der Waals surface area contributed by atoms with Crippen molar-refractivity contribution in [2.45, 2.75) is 37.6 Å². The van der Waals surface area contributed by atoms with Crippen LogP contribution in [-0.2, 0) is 11.2 Å². The highest BCUT2D eigenvalue weighted by molar-refractivity contribution is 6.42. The first-order chi connectivity index (χ1) is 11.1. The van der Waals surface area contributed by atoms with Crippen LogP contribution in [0.5, 0.6) is 0 Å². The summed E-state index contributed by atoms with van der Waals surface area (Å²) in [6.07, 6.45) is -4.63. The summed E-state index contributed by atoms with van der Waals surface area (Å²) in [5, 5.41) is 14.5. The van der Waals surface area contributed by atoms with Crippen LogP contribution in [0.3, 0.4) is 0 Å². The Balaban J connectivity index is 1.86. The van der Waals surface area contributed by atoms with Gasteiger partial charge in [-0.15, -0.1) is 0 Å².